The number of hydrogen-bond donors (Lipinski definition) is 1. The monoisotopic (exact) mass is 201 g/mol. The maximum Gasteiger partial charge on any atom is 0.139 e. The maximum atomic E-state index is 5.93. The number of imidazole rings is 1. The number of nitrogens with two attached hydrogens (primary N) is 1. The van der Waals surface area contributed by atoms with Crippen molar-refractivity contribution in [3.63, 3.8) is 0 Å². The van der Waals surface area contributed by atoms with E-state index in [0.717, 1.165) is 17.0 Å². The van der Waals surface area contributed by atoms with E-state index in [1.54, 1.807) is 6.20 Å². The molecule has 15 heavy (non-hydrogen) atoms. The van der Waals surface area contributed by atoms with Crippen LogP contribution in [-0.4, -0.2) is 9.55 Å². The molecule has 0 bridgehead atoms. The summed E-state index contributed by atoms with van der Waals surface area (Å²) in [6, 6.07) is 8.15. The highest BCUT2D eigenvalue weighted by atomic mass is 15.0. The van der Waals surface area contributed by atoms with Gasteiger partial charge in [-0.2, -0.15) is 0 Å². The van der Waals surface area contributed by atoms with Gasteiger partial charge in [0.2, 0.25) is 0 Å². The van der Waals surface area contributed by atoms with E-state index in [1.807, 2.05) is 36.9 Å². The second kappa shape index (κ2) is 3.87. The number of aromatic nitrogens is 2. The first-order valence-corrected chi connectivity index (χ1v) is 5.02. The zero-order valence-electron chi connectivity index (χ0n) is 9.01. The Morgan fingerprint density at radius 2 is 2.07 bits per heavy atom. The van der Waals surface area contributed by atoms with Crippen LogP contribution in [0.2, 0.25) is 0 Å². The van der Waals surface area contributed by atoms with E-state index >= 15 is 0 Å². The fraction of sp³-hybridized carbons (Fsp3) is 0.250. The molecule has 3 nitrogen and oxygen atoms in total. The number of rotatable bonds is 2. The summed E-state index contributed by atoms with van der Waals surface area (Å²) in [5, 5.41) is 0. The van der Waals surface area contributed by atoms with Crippen molar-refractivity contribution in [2.45, 2.75) is 13.0 Å². The molecule has 0 aliphatic carbocycles. The van der Waals surface area contributed by atoms with E-state index in [4.69, 9.17) is 5.73 Å². The van der Waals surface area contributed by atoms with Crippen LogP contribution >= 0.6 is 0 Å². The third-order valence-electron chi connectivity index (χ3n) is 2.51. The van der Waals surface area contributed by atoms with Crippen LogP contribution in [-0.2, 0) is 7.05 Å². The highest BCUT2D eigenvalue weighted by Gasteiger charge is 2.10. The van der Waals surface area contributed by atoms with Gasteiger partial charge in [0.1, 0.15) is 5.82 Å². The van der Waals surface area contributed by atoms with Crippen LogP contribution in [0.1, 0.15) is 18.5 Å². The Labute approximate surface area is 89.6 Å². The SMILES string of the molecule is CC(N)c1ccccc1-c1nccn1C. The lowest BCUT2D eigenvalue weighted by Crippen LogP contribution is -2.07. The molecule has 1 unspecified atom stereocenters. The minimum absolute atomic E-state index is 0.0258. The van der Waals surface area contributed by atoms with Gasteiger partial charge in [-0.3, -0.25) is 0 Å². The second-order valence-corrected chi connectivity index (χ2v) is 3.74. The van der Waals surface area contributed by atoms with Crippen LogP contribution in [0.15, 0.2) is 36.7 Å². The van der Waals surface area contributed by atoms with Crippen molar-refractivity contribution in [1.82, 2.24) is 9.55 Å². The van der Waals surface area contributed by atoms with Gasteiger partial charge in [-0.15, -0.1) is 0 Å². The Bertz CT molecular complexity index is 457. The largest absolute Gasteiger partial charge is 0.334 e. The molecule has 0 saturated carbocycles. The zero-order valence-corrected chi connectivity index (χ0v) is 9.01. The van der Waals surface area contributed by atoms with Gasteiger partial charge in [0.15, 0.2) is 0 Å². The molecule has 2 N–H and O–H groups in total. The van der Waals surface area contributed by atoms with E-state index in [2.05, 4.69) is 17.1 Å². The van der Waals surface area contributed by atoms with E-state index in [1.165, 1.54) is 0 Å². The standard InChI is InChI=1S/C12H15N3/c1-9(13)10-5-3-4-6-11(10)12-14-7-8-15(12)2/h3-9H,13H2,1-2H3. The molecule has 0 fully saturated rings. The molecule has 2 rings (SSSR count). The topological polar surface area (TPSA) is 43.8 Å². The van der Waals surface area contributed by atoms with Crippen molar-refractivity contribution in [3.8, 4) is 11.4 Å². The average Bonchev–Trinajstić information content (AvgIpc) is 2.64. The first-order valence-electron chi connectivity index (χ1n) is 5.02. The van der Waals surface area contributed by atoms with E-state index in [9.17, 15) is 0 Å². The highest BCUT2D eigenvalue weighted by Crippen LogP contribution is 2.25. The molecular weight excluding hydrogens is 186 g/mol. The molecule has 0 aliphatic heterocycles. The fourth-order valence-corrected chi connectivity index (χ4v) is 1.72. The molecule has 3 heteroatoms. The highest BCUT2D eigenvalue weighted by molar-refractivity contribution is 5.61. The van der Waals surface area contributed by atoms with Crippen LogP contribution in [0.3, 0.4) is 0 Å². The summed E-state index contributed by atoms with van der Waals surface area (Å²) in [5.41, 5.74) is 8.18. The van der Waals surface area contributed by atoms with Crippen molar-refractivity contribution < 1.29 is 0 Å². The molecule has 1 heterocycles. The third-order valence-corrected chi connectivity index (χ3v) is 2.51. The van der Waals surface area contributed by atoms with E-state index in [0.29, 0.717) is 0 Å². The summed E-state index contributed by atoms with van der Waals surface area (Å²) in [5.74, 6) is 0.961. The molecule has 1 aromatic carbocycles. The van der Waals surface area contributed by atoms with Crippen molar-refractivity contribution in [2.75, 3.05) is 0 Å². The summed E-state index contributed by atoms with van der Waals surface area (Å²) < 4.78 is 2.00. The Kier molecular flexibility index (Phi) is 2.56. The van der Waals surface area contributed by atoms with Gasteiger partial charge in [-0.1, -0.05) is 24.3 Å². The maximum absolute atomic E-state index is 5.93. The second-order valence-electron chi connectivity index (χ2n) is 3.74. The number of benzene rings is 1. The van der Waals surface area contributed by atoms with Crippen molar-refractivity contribution in [3.05, 3.63) is 42.2 Å². The molecule has 78 valence electrons. The van der Waals surface area contributed by atoms with E-state index in [-0.39, 0.29) is 6.04 Å². The summed E-state index contributed by atoms with van der Waals surface area (Å²) in [6.07, 6.45) is 3.74. The third kappa shape index (κ3) is 1.78. The summed E-state index contributed by atoms with van der Waals surface area (Å²) in [7, 11) is 1.99. The van der Waals surface area contributed by atoms with Crippen molar-refractivity contribution in [2.24, 2.45) is 12.8 Å². The van der Waals surface area contributed by atoms with Gasteiger partial charge in [0.25, 0.3) is 0 Å². The molecule has 1 atom stereocenters. The Morgan fingerprint density at radius 3 is 2.67 bits per heavy atom. The molecule has 1 aromatic heterocycles. The lowest BCUT2D eigenvalue weighted by atomic mass is 10.0. The van der Waals surface area contributed by atoms with Crippen LogP contribution in [0, 0.1) is 0 Å². The minimum atomic E-state index is 0.0258. The first-order chi connectivity index (χ1) is 7.20. The summed E-state index contributed by atoms with van der Waals surface area (Å²) >= 11 is 0. The Morgan fingerprint density at radius 1 is 1.33 bits per heavy atom. The van der Waals surface area contributed by atoms with Gasteiger partial charge in [0, 0.05) is 31.0 Å². The molecule has 0 radical (unpaired) electrons. The Balaban J connectivity index is 2.58. The molecular formula is C12H15N3. The molecule has 0 aliphatic rings. The zero-order chi connectivity index (χ0) is 10.8. The summed E-state index contributed by atoms with van der Waals surface area (Å²) in [4.78, 5) is 4.34. The quantitative estimate of drug-likeness (QED) is 0.808. The predicted molar refractivity (Wildman–Crippen MR) is 61.2 cm³/mol. The van der Waals surface area contributed by atoms with Crippen LogP contribution in [0.5, 0.6) is 0 Å². The smallest absolute Gasteiger partial charge is 0.139 e. The molecule has 0 amide bonds. The minimum Gasteiger partial charge on any atom is -0.334 e. The van der Waals surface area contributed by atoms with Gasteiger partial charge in [-0.05, 0) is 12.5 Å². The van der Waals surface area contributed by atoms with Gasteiger partial charge >= 0.3 is 0 Å². The van der Waals surface area contributed by atoms with Gasteiger partial charge in [0.05, 0.1) is 0 Å². The summed E-state index contributed by atoms with van der Waals surface area (Å²) in [6.45, 7) is 1.99. The molecule has 2 aromatic rings. The number of aryl methyl sites for hydroxylation is 1. The lowest BCUT2D eigenvalue weighted by molar-refractivity contribution is 0.814. The Hall–Kier alpha value is -1.61. The van der Waals surface area contributed by atoms with Crippen molar-refractivity contribution >= 4 is 0 Å². The van der Waals surface area contributed by atoms with Gasteiger partial charge in [-0.25, -0.2) is 4.98 Å². The number of nitrogens with zero attached hydrogens (tertiary/aromatic N) is 2. The molecule has 0 spiro atoms. The van der Waals surface area contributed by atoms with Crippen LogP contribution < -0.4 is 5.73 Å². The average molecular weight is 201 g/mol. The first kappa shape index (κ1) is 9.93. The normalized spacial score (nSPS) is 12.7. The van der Waals surface area contributed by atoms with Crippen LogP contribution in [0.4, 0.5) is 0 Å². The number of hydrogen-bond acceptors (Lipinski definition) is 2. The lowest BCUT2D eigenvalue weighted by Gasteiger charge is -2.12. The van der Waals surface area contributed by atoms with Gasteiger partial charge < -0.3 is 10.3 Å². The fourth-order valence-electron chi connectivity index (χ4n) is 1.72. The van der Waals surface area contributed by atoms with Crippen LogP contribution in [0.25, 0.3) is 11.4 Å². The molecule has 0 saturated heterocycles. The van der Waals surface area contributed by atoms with Crippen molar-refractivity contribution in [1.29, 1.82) is 0 Å². The predicted octanol–water partition coefficient (Wildman–Crippen LogP) is 2.11. The van der Waals surface area contributed by atoms with E-state index < -0.39 is 0 Å².